The Morgan fingerprint density at radius 2 is 1.66 bits per heavy atom. The topological polar surface area (TPSA) is 69.9 Å². The molecule has 2 saturated heterocycles. The van der Waals surface area contributed by atoms with Crippen LogP contribution in [0.5, 0.6) is 0 Å². The predicted molar refractivity (Wildman–Crippen MR) is 134 cm³/mol. The summed E-state index contributed by atoms with van der Waals surface area (Å²) in [6, 6.07) is 6.86. The first-order chi connectivity index (χ1) is 14.6. The van der Waals surface area contributed by atoms with Crippen LogP contribution in [-0.4, -0.2) is 67.4 Å². The summed E-state index contributed by atoms with van der Waals surface area (Å²) < 4.78 is 0. The van der Waals surface area contributed by atoms with Crippen LogP contribution in [0.1, 0.15) is 49.7 Å². The highest BCUT2D eigenvalue weighted by atomic mass is 35.5. The quantitative estimate of drug-likeness (QED) is 0.645. The molecule has 0 bridgehead atoms. The minimum absolute atomic E-state index is 0. The van der Waals surface area contributed by atoms with Gasteiger partial charge in [-0.05, 0) is 68.2 Å². The molecule has 32 heavy (non-hydrogen) atoms. The van der Waals surface area contributed by atoms with Crippen molar-refractivity contribution in [3.05, 3.63) is 29.3 Å². The number of rotatable bonds is 7. The van der Waals surface area contributed by atoms with Gasteiger partial charge in [0.2, 0.25) is 11.8 Å². The van der Waals surface area contributed by atoms with Crippen molar-refractivity contribution < 1.29 is 9.59 Å². The maximum absolute atomic E-state index is 12.1. The Labute approximate surface area is 204 Å². The van der Waals surface area contributed by atoms with E-state index < -0.39 is 5.91 Å². The first-order valence-corrected chi connectivity index (χ1v) is 11.7. The molecule has 180 valence electrons. The average Bonchev–Trinajstić information content (AvgIpc) is 3.26. The number of piperidine rings is 1. The van der Waals surface area contributed by atoms with E-state index >= 15 is 0 Å². The number of hydrogen-bond donors (Lipinski definition) is 1. The van der Waals surface area contributed by atoms with Crippen LogP contribution in [0.2, 0.25) is 0 Å². The van der Waals surface area contributed by atoms with Crippen LogP contribution in [0, 0.1) is 5.92 Å². The minimum Gasteiger partial charge on any atom is -0.370 e. The van der Waals surface area contributed by atoms with Gasteiger partial charge < -0.3 is 15.5 Å². The number of anilines is 1. The molecule has 2 aliphatic heterocycles. The van der Waals surface area contributed by atoms with Crippen LogP contribution in [0.3, 0.4) is 0 Å². The Kier molecular flexibility index (Phi) is 10.6. The molecule has 1 aromatic rings. The molecule has 4 rings (SSSR count). The maximum atomic E-state index is 12.1. The lowest BCUT2D eigenvalue weighted by atomic mass is 9.93. The molecule has 2 fully saturated rings. The van der Waals surface area contributed by atoms with Crippen LogP contribution < -0.4 is 10.6 Å². The van der Waals surface area contributed by atoms with Crippen molar-refractivity contribution in [2.75, 3.05) is 50.7 Å². The second-order valence-corrected chi connectivity index (χ2v) is 9.18. The number of piperazine rings is 1. The Morgan fingerprint density at radius 3 is 2.34 bits per heavy atom. The number of nitrogens with zero attached hydrogens (tertiary/aromatic N) is 3. The van der Waals surface area contributed by atoms with Crippen molar-refractivity contribution in [3.63, 3.8) is 0 Å². The number of carbonyl (C=O) groups is 2. The molecule has 1 aromatic carbocycles. The maximum Gasteiger partial charge on any atom is 0.223 e. The van der Waals surface area contributed by atoms with Crippen molar-refractivity contribution in [2.24, 2.45) is 11.7 Å². The summed E-state index contributed by atoms with van der Waals surface area (Å²) in [5, 5.41) is 0. The van der Waals surface area contributed by atoms with Gasteiger partial charge in [0, 0.05) is 57.8 Å². The van der Waals surface area contributed by atoms with Crippen molar-refractivity contribution >= 4 is 42.3 Å². The van der Waals surface area contributed by atoms with Crippen LogP contribution in [0.25, 0.3) is 0 Å². The lowest BCUT2D eigenvalue weighted by Crippen LogP contribution is -2.47. The Balaban J connectivity index is 0.00000181. The summed E-state index contributed by atoms with van der Waals surface area (Å²) in [6.45, 7) is 7.38. The molecular formula is C24H38Cl2N4O2. The van der Waals surface area contributed by atoms with Crippen LogP contribution >= 0.6 is 24.8 Å². The molecule has 0 unspecified atom stereocenters. The highest BCUT2D eigenvalue weighted by Gasteiger charge is 2.25. The van der Waals surface area contributed by atoms with Gasteiger partial charge in [0.05, 0.1) is 0 Å². The van der Waals surface area contributed by atoms with Gasteiger partial charge in [0.1, 0.15) is 0 Å². The number of halogens is 2. The predicted octanol–water partition coefficient (Wildman–Crippen LogP) is 3.04. The molecule has 2 N–H and O–H groups in total. The van der Waals surface area contributed by atoms with Crippen molar-refractivity contribution in [1.82, 2.24) is 9.80 Å². The molecule has 2 amide bonds. The summed E-state index contributed by atoms with van der Waals surface area (Å²) >= 11 is 0. The van der Waals surface area contributed by atoms with E-state index in [4.69, 9.17) is 5.73 Å². The van der Waals surface area contributed by atoms with Crippen molar-refractivity contribution in [1.29, 1.82) is 0 Å². The number of benzene rings is 1. The molecule has 8 heteroatoms. The monoisotopic (exact) mass is 484 g/mol. The summed E-state index contributed by atoms with van der Waals surface area (Å²) in [5.74, 6) is 0.395. The number of primary amides is 1. The van der Waals surface area contributed by atoms with E-state index in [1.54, 1.807) is 11.1 Å². The lowest BCUT2D eigenvalue weighted by Gasteiger charge is -2.38. The number of likely N-dealkylation sites (tertiary alicyclic amines) is 1. The van der Waals surface area contributed by atoms with E-state index in [9.17, 15) is 9.59 Å². The van der Waals surface area contributed by atoms with Crippen LogP contribution in [-0.2, 0) is 22.4 Å². The molecule has 0 aromatic heterocycles. The van der Waals surface area contributed by atoms with E-state index in [2.05, 4.69) is 28.0 Å². The smallest absolute Gasteiger partial charge is 0.223 e. The first-order valence-electron chi connectivity index (χ1n) is 11.7. The Hall–Kier alpha value is -1.50. The largest absolute Gasteiger partial charge is 0.370 e. The Bertz CT molecular complexity index is 760. The summed E-state index contributed by atoms with van der Waals surface area (Å²) in [7, 11) is 0. The fourth-order valence-corrected chi connectivity index (χ4v) is 5.33. The number of carbonyl (C=O) groups excluding carboxylic acids is 2. The standard InChI is InChI=1S/C24H36N4O2.2ClH/c25-23(29)7-8-24(30)28-13-10-19(11-14-28)9-12-26-15-17-27(18-16-26)22-6-2-4-20-3-1-5-21(20)22;;/h2,4,6,19H,1,3,5,7-18H2,(H2,25,29);2*1H. The van der Waals surface area contributed by atoms with E-state index in [1.165, 1.54) is 37.9 Å². The molecular weight excluding hydrogens is 447 g/mol. The number of nitrogens with two attached hydrogens (primary N) is 1. The zero-order valence-corrected chi connectivity index (χ0v) is 20.6. The summed E-state index contributed by atoms with van der Waals surface area (Å²) in [6.07, 6.45) is 7.61. The molecule has 6 nitrogen and oxygen atoms in total. The molecule has 0 atom stereocenters. The van der Waals surface area contributed by atoms with E-state index in [1.807, 2.05) is 4.90 Å². The second-order valence-electron chi connectivity index (χ2n) is 9.18. The normalized spacial score (nSPS) is 19.1. The van der Waals surface area contributed by atoms with E-state index in [-0.39, 0.29) is 43.6 Å². The third-order valence-corrected chi connectivity index (χ3v) is 7.24. The fourth-order valence-electron chi connectivity index (χ4n) is 5.33. The average molecular weight is 486 g/mol. The van der Waals surface area contributed by atoms with Crippen LogP contribution in [0.4, 0.5) is 5.69 Å². The van der Waals surface area contributed by atoms with Gasteiger partial charge in [0.25, 0.3) is 0 Å². The summed E-state index contributed by atoms with van der Waals surface area (Å²) in [5.41, 5.74) is 9.80. The van der Waals surface area contributed by atoms with Gasteiger partial charge in [-0.2, -0.15) is 0 Å². The summed E-state index contributed by atoms with van der Waals surface area (Å²) in [4.78, 5) is 30.1. The van der Waals surface area contributed by atoms with Crippen molar-refractivity contribution in [3.8, 4) is 0 Å². The molecule has 3 aliphatic rings. The van der Waals surface area contributed by atoms with Gasteiger partial charge in [0.15, 0.2) is 0 Å². The highest BCUT2D eigenvalue weighted by molar-refractivity contribution is 5.85. The van der Waals surface area contributed by atoms with E-state index in [0.717, 1.165) is 52.1 Å². The Morgan fingerprint density at radius 1 is 0.938 bits per heavy atom. The number of aryl methyl sites for hydroxylation is 1. The molecule has 2 heterocycles. The zero-order valence-electron chi connectivity index (χ0n) is 19.0. The second kappa shape index (κ2) is 12.7. The van der Waals surface area contributed by atoms with Gasteiger partial charge in [-0.3, -0.25) is 14.5 Å². The first kappa shape index (κ1) is 26.7. The number of hydrogen-bond acceptors (Lipinski definition) is 4. The zero-order chi connectivity index (χ0) is 20.9. The van der Waals surface area contributed by atoms with Gasteiger partial charge in [-0.1, -0.05) is 12.1 Å². The van der Waals surface area contributed by atoms with Crippen molar-refractivity contribution in [2.45, 2.75) is 51.4 Å². The SMILES string of the molecule is Cl.Cl.NC(=O)CCC(=O)N1CCC(CCN2CCN(c3cccc4c3CCC4)CC2)CC1. The lowest BCUT2D eigenvalue weighted by molar-refractivity contribution is -0.134. The molecule has 1 aliphatic carbocycles. The highest BCUT2D eigenvalue weighted by Crippen LogP contribution is 2.32. The molecule has 0 spiro atoms. The fraction of sp³-hybridized carbons (Fsp3) is 0.667. The van der Waals surface area contributed by atoms with Gasteiger partial charge >= 0.3 is 0 Å². The van der Waals surface area contributed by atoms with Gasteiger partial charge in [-0.25, -0.2) is 0 Å². The number of fused-ring (bicyclic) bond motifs is 1. The van der Waals surface area contributed by atoms with E-state index in [0.29, 0.717) is 5.92 Å². The van der Waals surface area contributed by atoms with Gasteiger partial charge in [-0.15, -0.1) is 24.8 Å². The third-order valence-electron chi connectivity index (χ3n) is 7.24. The van der Waals surface area contributed by atoms with Crippen LogP contribution in [0.15, 0.2) is 18.2 Å². The molecule has 0 radical (unpaired) electrons. The minimum atomic E-state index is -0.394. The third kappa shape index (κ3) is 6.75. The molecule has 0 saturated carbocycles. The number of amides is 2.